The number of amides is 4. The predicted molar refractivity (Wildman–Crippen MR) is 107 cm³/mol. The van der Waals surface area contributed by atoms with Crippen LogP contribution in [0.2, 0.25) is 0 Å². The molecular weight excluding hydrogens is 426 g/mol. The van der Waals surface area contributed by atoms with Crippen molar-refractivity contribution in [2.24, 2.45) is 0 Å². The Morgan fingerprint density at radius 1 is 1.14 bits per heavy atom. The maximum absolute atomic E-state index is 12.6. The van der Waals surface area contributed by atoms with Crippen LogP contribution < -0.4 is 5.32 Å². The number of halogens is 1. The molecule has 150 valence electrons. The molecule has 1 saturated heterocycles. The van der Waals surface area contributed by atoms with Crippen LogP contribution in [0.25, 0.3) is 0 Å². The molecule has 0 radical (unpaired) electrons. The number of nitrogens with zero attached hydrogens (tertiary/aromatic N) is 2. The summed E-state index contributed by atoms with van der Waals surface area (Å²) in [7, 11) is 0. The number of benzene rings is 1. The van der Waals surface area contributed by atoms with Crippen molar-refractivity contribution in [1.82, 2.24) is 15.1 Å². The van der Waals surface area contributed by atoms with Gasteiger partial charge in [-0.2, -0.15) is 0 Å². The van der Waals surface area contributed by atoms with E-state index < -0.39 is 11.8 Å². The number of piperidine rings is 1. The number of imide groups is 1. The molecule has 0 spiro atoms. The van der Waals surface area contributed by atoms with Gasteiger partial charge in [-0.3, -0.25) is 24.1 Å². The Morgan fingerprint density at radius 2 is 1.82 bits per heavy atom. The number of carbonyl (C=O) groups excluding carboxylic acids is 4. The SMILES string of the molecule is CCCCC(=O)NC1CCN(C(=O)CN2C(=O)c3ccc(Br)cc3C2=O)CC1. The summed E-state index contributed by atoms with van der Waals surface area (Å²) in [5.74, 6) is -1.06. The van der Waals surface area contributed by atoms with E-state index in [1.807, 2.05) is 6.92 Å². The van der Waals surface area contributed by atoms with Gasteiger partial charge in [0.2, 0.25) is 11.8 Å². The summed E-state index contributed by atoms with van der Waals surface area (Å²) in [4.78, 5) is 52.1. The van der Waals surface area contributed by atoms with Crippen LogP contribution in [0, 0.1) is 0 Å². The van der Waals surface area contributed by atoms with Gasteiger partial charge in [0.15, 0.2) is 0 Å². The molecule has 0 aromatic heterocycles. The maximum atomic E-state index is 12.6. The van der Waals surface area contributed by atoms with Gasteiger partial charge in [0.05, 0.1) is 11.1 Å². The molecule has 28 heavy (non-hydrogen) atoms. The second-order valence-corrected chi connectivity index (χ2v) is 8.13. The minimum atomic E-state index is -0.437. The topological polar surface area (TPSA) is 86.8 Å². The van der Waals surface area contributed by atoms with Gasteiger partial charge in [-0.25, -0.2) is 0 Å². The van der Waals surface area contributed by atoms with Crippen molar-refractivity contribution in [2.75, 3.05) is 19.6 Å². The lowest BCUT2D eigenvalue weighted by molar-refractivity contribution is -0.132. The normalized spacial score (nSPS) is 17.1. The summed E-state index contributed by atoms with van der Waals surface area (Å²) in [6.45, 7) is 2.81. The van der Waals surface area contributed by atoms with Gasteiger partial charge >= 0.3 is 0 Å². The number of likely N-dealkylation sites (tertiary alicyclic amines) is 1. The highest BCUT2D eigenvalue weighted by Gasteiger charge is 2.37. The molecule has 2 aliphatic rings. The maximum Gasteiger partial charge on any atom is 0.262 e. The van der Waals surface area contributed by atoms with Crippen LogP contribution in [-0.4, -0.2) is 59.1 Å². The fourth-order valence-corrected chi connectivity index (χ4v) is 3.91. The van der Waals surface area contributed by atoms with Gasteiger partial charge in [-0.05, 0) is 37.5 Å². The summed E-state index contributed by atoms with van der Waals surface area (Å²) in [5, 5.41) is 3.02. The molecule has 0 saturated carbocycles. The lowest BCUT2D eigenvalue weighted by Crippen LogP contribution is -2.49. The number of hydrogen-bond donors (Lipinski definition) is 1. The molecule has 8 heteroatoms. The van der Waals surface area contributed by atoms with E-state index in [1.54, 1.807) is 23.1 Å². The summed E-state index contributed by atoms with van der Waals surface area (Å²) >= 11 is 3.29. The highest BCUT2D eigenvalue weighted by molar-refractivity contribution is 9.10. The van der Waals surface area contributed by atoms with Crippen LogP contribution in [0.4, 0.5) is 0 Å². The van der Waals surface area contributed by atoms with Crippen molar-refractivity contribution in [1.29, 1.82) is 0 Å². The second kappa shape index (κ2) is 8.86. The van der Waals surface area contributed by atoms with Gasteiger partial charge in [-0.1, -0.05) is 29.3 Å². The Bertz CT molecular complexity index is 803. The van der Waals surface area contributed by atoms with Crippen LogP contribution in [0.15, 0.2) is 22.7 Å². The lowest BCUT2D eigenvalue weighted by Gasteiger charge is -2.33. The smallest absolute Gasteiger partial charge is 0.262 e. The van der Waals surface area contributed by atoms with Crippen LogP contribution >= 0.6 is 15.9 Å². The van der Waals surface area contributed by atoms with E-state index in [0.717, 1.165) is 17.7 Å². The molecule has 1 N–H and O–H groups in total. The molecule has 2 heterocycles. The van der Waals surface area contributed by atoms with Gasteiger partial charge in [-0.15, -0.1) is 0 Å². The molecule has 1 fully saturated rings. The van der Waals surface area contributed by atoms with Crippen LogP contribution in [0.5, 0.6) is 0 Å². The highest BCUT2D eigenvalue weighted by Crippen LogP contribution is 2.26. The van der Waals surface area contributed by atoms with Crippen molar-refractivity contribution in [3.63, 3.8) is 0 Å². The molecule has 1 aromatic carbocycles. The first-order valence-electron chi connectivity index (χ1n) is 9.63. The summed E-state index contributed by atoms with van der Waals surface area (Å²) < 4.78 is 0.712. The van der Waals surface area contributed by atoms with E-state index in [2.05, 4.69) is 21.2 Å². The van der Waals surface area contributed by atoms with Crippen molar-refractivity contribution in [3.8, 4) is 0 Å². The molecule has 2 aliphatic heterocycles. The Hall–Kier alpha value is -2.22. The molecule has 3 rings (SSSR count). The van der Waals surface area contributed by atoms with Crippen LogP contribution in [-0.2, 0) is 9.59 Å². The second-order valence-electron chi connectivity index (χ2n) is 7.21. The minimum Gasteiger partial charge on any atom is -0.353 e. The number of hydrogen-bond acceptors (Lipinski definition) is 4. The van der Waals surface area contributed by atoms with Crippen LogP contribution in [0.3, 0.4) is 0 Å². The van der Waals surface area contributed by atoms with E-state index in [4.69, 9.17) is 0 Å². The zero-order valence-corrected chi connectivity index (χ0v) is 17.5. The van der Waals surface area contributed by atoms with E-state index >= 15 is 0 Å². The van der Waals surface area contributed by atoms with Crippen molar-refractivity contribution in [2.45, 2.75) is 45.1 Å². The summed E-state index contributed by atoms with van der Waals surface area (Å²) in [6.07, 6.45) is 3.75. The standard InChI is InChI=1S/C20H24BrN3O4/c1-2-3-4-17(25)22-14-7-9-23(10-8-14)18(26)12-24-19(27)15-6-5-13(21)11-16(15)20(24)28/h5-6,11,14H,2-4,7-10,12H2,1H3,(H,22,25). The summed E-state index contributed by atoms with van der Waals surface area (Å²) in [5.41, 5.74) is 0.648. The molecule has 1 aromatic rings. The first-order valence-corrected chi connectivity index (χ1v) is 10.4. The third-order valence-electron chi connectivity index (χ3n) is 5.20. The van der Waals surface area contributed by atoms with E-state index in [9.17, 15) is 19.2 Å². The lowest BCUT2D eigenvalue weighted by atomic mass is 10.0. The van der Waals surface area contributed by atoms with Crippen molar-refractivity contribution < 1.29 is 19.2 Å². The molecule has 0 bridgehead atoms. The number of carbonyl (C=O) groups is 4. The number of fused-ring (bicyclic) bond motifs is 1. The van der Waals surface area contributed by atoms with E-state index in [-0.39, 0.29) is 24.4 Å². The van der Waals surface area contributed by atoms with Gasteiger partial charge < -0.3 is 10.2 Å². The van der Waals surface area contributed by atoms with Crippen molar-refractivity contribution in [3.05, 3.63) is 33.8 Å². The largest absolute Gasteiger partial charge is 0.353 e. The van der Waals surface area contributed by atoms with Crippen LogP contribution in [0.1, 0.15) is 59.7 Å². The van der Waals surface area contributed by atoms with Gasteiger partial charge in [0.25, 0.3) is 11.8 Å². The van der Waals surface area contributed by atoms with Crippen molar-refractivity contribution >= 4 is 39.6 Å². The number of unbranched alkanes of at least 4 members (excludes halogenated alkanes) is 1. The average molecular weight is 450 g/mol. The highest BCUT2D eigenvalue weighted by atomic mass is 79.9. The first kappa shape index (κ1) is 20.5. The number of rotatable bonds is 6. The third-order valence-corrected chi connectivity index (χ3v) is 5.69. The molecule has 7 nitrogen and oxygen atoms in total. The predicted octanol–water partition coefficient (Wildman–Crippen LogP) is 2.34. The minimum absolute atomic E-state index is 0.0591. The molecule has 0 atom stereocenters. The Labute approximate surface area is 172 Å². The first-order chi connectivity index (χ1) is 13.4. The van der Waals surface area contributed by atoms with Gasteiger partial charge in [0, 0.05) is 30.0 Å². The number of nitrogens with one attached hydrogen (secondary N) is 1. The van der Waals surface area contributed by atoms with Gasteiger partial charge in [0.1, 0.15) is 6.54 Å². The third kappa shape index (κ3) is 4.43. The fourth-order valence-electron chi connectivity index (χ4n) is 3.55. The molecule has 4 amide bonds. The average Bonchev–Trinajstić information content (AvgIpc) is 2.91. The molecular formula is C20H24BrN3O4. The molecule has 0 aliphatic carbocycles. The zero-order valence-electron chi connectivity index (χ0n) is 15.9. The Kier molecular flexibility index (Phi) is 6.49. The fraction of sp³-hybridized carbons (Fsp3) is 0.500. The molecule has 0 unspecified atom stereocenters. The summed E-state index contributed by atoms with van der Waals surface area (Å²) in [6, 6.07) is 4.98. The van der Waals surface area contributed by atoms with E-state index in [1.165, 1.54) is 0 Å². The zero-order chi connectivity index (χ0) is 20.3. The Morgan fingerprint density at radius 3 is 2.50 bits per heavy atom. The monoisotopic (exact) mass is 449 g/mol. The quantitative estimate of drug-likeness (QED) is 0.675. The van der Waals surface area contributed by atoms with E-state index in [0.29, 0.717) is 48.0 Å². The Balaban J connectivity index is 1.52.